The van der Waals surface area contributed by atoms with Crippen LogP contribution >= 0.6 is 0 Å². The van der Waals surface area contributed by atoms with Gasteiger partial charge in [0.05, 0.1) is 11.1 Å². The van der Waals surface area contributed by atoms with Gasteiger partial charge in [-0.2, -0.15) is 0 Å². The molecule has 5 heteroatoms. The van der Waals surface area contributed by atoms with Gasteiger partial charge in [0.15, 0.2) is 0 Å². The van der Waals surface area contributed by atoms with Crippen LogP contribution < -0.4 is 10.6 Å². The Hall–Kier alpha value is -2.69. The number of rotatable bonds is 6. The molecule has 0 unspecified atom stereocenters. The van der Waals surface area contributed by atoms with Gasteiger partial charge in [0.1, 0.15) is 0 Å². The maximum atomic E-state index is 12.4. The van der Waals surface area contributed by atoms with Crippen molar-refractivity contribution in [2.24, 2.45) is 0 Å². The van der Waals surface area contributed by atoms with Crippen molar-refractivity contribution >= 4 is 17.5 Å². The molecule has 0 spiro atoms. The van der Waals surface area contributed by atoms with E-state index in [1.165, 1.54) is 12.4 Å². The fourth-order valence-corrected chi connectivity index (χ4v) is 2.32. The molecule has 24 heavy (non-hydrogen) atoms. The molecule has 1 heterocycles. The Balaban J connectivity index is 2.09. The fourth-order valence-electron chi connectivity index (χ4n) is 2.32. The molecule has 0 aliphatic rings. The predicted molar refractivity (Wildman–Crippen MR) is 95.3 cm³/mol. The summed E-state index contributed by atoms with van der Waals surface area (Å²) in [6.45, 7) is 6.63. The van der Waals surface area contributed by atoms with Gasteiger partial charge in [-0.3, -0.25) is 14.6 Å². The van der Waals surface area contributed by atoms with Crippen LogP contribution in [0.3, 0.4) is 0 Å². The molecule has 2 amide bonds. The van der Waals surface area contributed by atoms with E-state index in [-0.39, 0.29) is 11.8 Å². The second-order valence-electron chi connectivity index (χ2n) is 5.84. The third-order valence-electron chi connectivity index (χ3n) is 3.71. The van der Waals surface area contributed by atoms with E-state index in [9.17, 15) is 9.59 Å². The zero-order chi connectivity index (χ0) is 17.5. The van der Waals surface area contributed by atoms with Crippen molar-refractivity contribution in [1.82, 2.24) is 10.3 Å². The molecular weight excluding hydrogens is 302 g/mol. The van der Waals surface area contributed by atoms with E-state index in [0.29, 0.717) is 17.7 Å². The smallest absolute Gasteiger partial charge is 0.257 e. The maximum Gasteiger partial charge on any atom is 0.257 e. The van der Waals surface area contributed by atoms with E-state index in [2.05, 4.69) is 22.5 Å². The predicted octanol–water partition coefficient (Wildman–Crippen LogP) is 3.48. The van der Waals surface area contributed by atoms with Gasteiger partial charge >= 0.3 is 0 Å². The normalized spacial score (nSPS) is 10.3. The van der Waals surface area contributed by atoms with Gasteiger partial charge in [-0.1, -0.05) is 31.0 Å². The summed E-state index contributed by atoms with van der Waals surface area (Å²) in [6, 6.07) is 7.38. The second kappa shape index (κ2) is 8.24. The highest BCUT2D eigenvalue weighted by molar-refractivity contribution is 6.06. The monoisotopic (exact) mass is 325 g/mol. The summed E-state index contributed by atoms with van der Waals surface area (Å²) in [5.74, 6) is -0.491. The lowest BCUT2D eigenvalue weighted by atomic mass is 10.1. The van der Waals surface area contributed by atoms with E-state index in [4.69, 9.17) is 0 Å². The van der Waals surface area contributed by atoms with E-state index in [0.717, 1.165) is 29.7 Å². The van der Waals surface area contributed by atoms with Gasteiger partial charge in [-0.05, 0) is 38.0 Å². The van der Waals surface area contributed by atoms with Crippen molar-refractivity contribution in [3.8, 4) is 0 Å². The van der Waals surface area contributed by atoms with Crippen LogP contribution in [0.2, 0.25) is 0 Å². The highest BCUT2D eigenvalue weighted by atomic mass is 16.2. The zero-order valence-corrected chi connectivity index (χ0v) is 14.3. The Morgan fingerprint density at radius 1 is 1.04 bits per heavy atom. The average Bonchev–Trinajstić information content (AvgIpc) is 2.57. The van der Waals surface area contributed by atoms with Crippen molar-refractivity contribution < 1.29 is 9.59 Å². The summed E-state index contributed by atoms with van der Waals surface area (Å²) < 4.78 is 0. The summed E-state index contributed by atoms with van der Waals surface area (Å²) in [4.78, 5) is 28.5. The van der Waals surface area contributed by atoms with Crippen LogP contribution in [-0.4, -0.2) is 23.3 Å². The van der Waals surface area contributed by atoms with E-state index < -0.39 is 0 Å². The molecule has 2 aromatic rings. The molecule has 0 aliphatic heterocycles. The number of pyridine rings is 1. The van der Waals surface area contributed by atoms with Gasteiger partial charge in [0.2, 0.25) is 0 Å². The van der Waals surface area contributed by atoms with Crippen molar-refractivity contribution in [1.29, 1.82) is 0 Å². The van der Waals surface area contributed by atoms with Crippen LogP contribution in [0.1, 0.15) is 51.6 Å². The number of hydrogen-bond donors (Lipinski definition) is 2. The number of anilines is 1. The molecule has 0 saturated heterocycles. The largest absolute Gasteiger partial charge is 0.352 e. The number of nitrogens with zero attached hydrogens (tertiary/aromatic N) is 1. The van der Waals surface area contributed by atoms with E-state index in [1.807, 2.05) is 32.0 Å². The number of benzene rings is 1. The second-order valence-corrected chi connectivity index (χ2v) is 5.84. The molecule has 0 fully saturated rings. The number of unbranched alkanes of at least 4 members (excludes halogenated alkanes) is 1. The van der Waals surface area contributed by atoms with Crippen LogP contribution in [0.25, 0.3) is 0 Å². The average molecular weight is 325 g/mol. The van der Waals surface area contributed by atoms with Crippen LogP contribution in [0, 0.1) is 13.8 Å². The lowest BCUT2D eigenvalue weighted by Gasteiger charge is -2.10. The van der Waals surface area contributed by atoms with E-state index >= 15 is 0 Å². The SMILES string of the molecule is CCCCNC(=O)c1cncc(C(=O)Nc2ccc(C)cc2C)c1. The first-order valence-electron chi connectivity index (χ1n) is 8.13. The van der Waals surface area contributed by atoms with Gasteiger partial charge in [-0.25, -0.2) is 0 Å². The Morgan fingerprint density at radius 2 is 1.75 bits per heavy atom. The minimum atomic E-state index is -0.280. The quantitative estimate of drug-likeness (QED) is 0.799. The number of nitrogens with one attached hydrogen (secondary N) is 2. The van der Waals surface area contributed by atoms with Crippen molar-refractivity contribution in [2.45, 2.75) is 33.6 Å². The summed E-state index contributed by atoms with van der Waals surface area (Å²) >= 11 is 0. The van der Waals surface area contributed by atoms with Crippen molar-refractivity contribution in [3.05, 3.63) is 58.9 Å². The Labute approximate surface area is 142 Å². The molecule has 0 aliphatic carbocycles. The lowest BCUT2D eigenvalue weighted by molar-refractivity contribution is 0.0953. The summed E-state index contributed by atoms with van der Waals surface area (Å²) in [6.07, 6.45) is 4.86. The third kappa shape index (κ3) is 4.65. The summed E-state index contributed by atoms with van der Waals surface area (Å²) in [5, 5.41) is 5.68. The highest BCUT2D eigenvalue weighted by Gasteiger charge is 2.12. The highest BCUT2D eigenvalue weighted by Crippen LogP contribution is 2.17. The molecule has 0 radical (unpaired) electrons. The van der Waals surface area contributed by atoms with Crippen LogP contribution in [0.15, 0.2) is 36.7 Å². The molecule has 2 rings (SSSR count). The Kier molecular flexibility index (Phi) is 6.07. The van der Waals surface area contributed by atoms with Crippen molar-refractivity contribution in [3.63, 3.8) is 0 Å². The lowest BCUT2D eigenvalue weighted by Crippen LogP contribution is -2.25. The summed E-state index contributed by atoms with van der Waals surface area (Å²) in [7, 11) is 0. The number of aryl methyl sites for hydroxylation is 2. The number of carbonyl (C=O) groups excluding carboxylic acids is 2. The van der Waals surface area contributed by atoms with Gasteiger partial charge in [0.25, 0.3) is 11.8 Å². The summed E-state index contributed by atoms with van der Waals surface area (Å²) in [5.41, 5.74) is 3.63. The zero-order valence-electron chi connectivity index (χ0n) is 14.3. The molecule has 1 aromatic heterocycles. The van der Waals surface area contributed by atoms with Gasteiger partial charge in [-0.15, -0.1) is 0 Å². The molecule has 5 nitrogen and oxygen atoms in total. The molecule has 126 valence electrons. The van der Waals surface area contributed by atoms with Crippen LogP contribution in [-0.2, 0) is 0 Å². The first-order chi connectivity index (χ1) is 11.5. The Morgan fingerprint density at radius 3 is 2.42 bits per heavy atom. The molecule has 0 saturated carbocycles. The Bertz CT molecular complexity index is 741. The minimum Gasteiger partial charge on any atom is -0.352 e. The van der Waals surface area contributed by atoms with Crippen LogP contribution in [0.4, 0.5) is 5.69 Å². The number of hydrogen-bond acceptors (Lipinski definition) is 3. The molecular formula is C19H23N3O2. The molecule has 2 N–H and O–H groups in total. The molecule has 0 atom stereocenters. The first kappa shape index (κ1) is 17.7. The minimum absolute atomic E-state index is 0.211. The molecule has 1 aromatic carbocycles. The van der Waals surface area contributed by atoms with Gasteiger partial charge in [0, 0.05) is 24.6 Å². The number of amides is 2. The standard InChI is InChI=1S/C19H23N3O2/c1-4-5-8-21-18(23)15-10-16(12-20-11-15)19(24)22-17-7-6-13(2)9-14(17)3/h6-7,9-12H,4-5,8H2,1-3H3,(H,21,23)(H,22,24). The topological polar surface area (TPSA) is 71.1 Å². The van der Waals surface area contributed by atoms with Crippen LogP contribution in [0.5, 0.6) is 0 Å². The first-order valence-corrected chi connectivity index (χ1v) is 8.13. The van der Waals surface area contributed by atoms with E-state index in [1.54, 1.807) is 6.07 Å². The fraction of sp³-hybridized carbons (Fsp3) is 0.316. The van der Waals surface area contributed by atoms with Crippen molar-refractivity contribution in [2.75, 3.05) is 11.9 Å². The van der Waals surface area contributed by atoms with Gasteiger partial charge < -0.3 is 10.6 Å². The maximum absolute atomic E-state index is 12.4. The number of carbonyl (C=O) groups is 2. The molecule has 0 bridgehead atoms. The third-order valence-corrected chi connectivity index (χ3v) is 3.71. The number of aromatic nitrogens is 1.